The van der Waals surface area contributed by atoms with E-state index in [-0.39, 0.29) is 23.5 Å². The molecule has 0 saturated heterocycles. The lowest BCUT2D eigenvalue weighted by Gasteiger charge is -2.36. The fourth-order valence-electron chi connectivity index (χ4n) is 3.67. The van der Waals surface area contributed by atoms with Crippen LogP contribution in [0.5, 0.6) is 0 Å². The van der Waals surface area contributed by atoms with Gasteiger partial charge in [-0.2, -0.15) is 0 Å². The minimum atomic E-state index is -0.239. The third-order valence-corrected chi connectivity index (χ3v) is 4.89. The number of hydrogen-bond acceptors (Lipinski definition) is 3. The van der Waals surface area contributed by atoms with Crippen molar-refractivity contribution in [3.05, 3.63) is 0 Å². The van der Waals surface area contributed by atoms with E-state index >= 15 is 0 Å². The lowest BCUT2D eigenvalue weighted by molar-refractivity contribution is -0.125. The fraction of sp³-hybridized carbons (Fsp3) is 0.933. The zero-order chi connectivity index (χ0) is 13.7. The topological polar surface area (TPSA) is 75.4 Å². The monoisotopic (exact) mass is 268 g/mol. The summed E-state index contributed by atoms with van der Waals surface area (Å²) in [5, 5.41) is 12.7. The second-order valence-electron chi connectivity index (χ2n) is 6.53. The first-order valence-electron chi connectivity index (χ1n) is 7.81. The van der Waals surface area contributed by atoms with Crippen molar-refractivity contribution in [3.8, 4) is 0 Å². The summed E-state index contributed by atoms with van der Waals surface area (Å²) in [6, 6.07) is 0.162. The molecule has 0 bridgehead atoms. The minimum absolute atomic E-state index is 0.0373. The normalized spacial score (nSPS) is 30.8. The van der Waals surface area contributed by atoms with E-state index in [2.05, 4.69) is 5.32 Å². The summed E-state index contributed by atoms with van der Waals surface area (Å²) in [4.78, 5) is 12.2. The van der Waals surface area contributed by atoms with Gasteiger partial charge in [-0.3, -0.25) is 4.79 Å². The molecule has 2 atom stereocenters. The summed E-state index contributed by atoms with van der Waals surface area (Å²) in [7, 11) is 0. The Kier molecular flexibility index (Phi) is 5.22. The van der Waals surface area contributed by atoms with Gasteiger partial charge in [0, 0.05) is 12.5 Å². The summed E-state index contributed by atoms with van der Waals surface area (Å²) in [5.41, 5.74) is 5.96. The Morgan fingerprint density at radius 2 is 1.95 bits per heavy atom. The van der Waals surface area contributed by atoms with Crippen molar-refractivity contribution in [3.63, 3.8) is 0 Å². The molecule has 0 aliphatic heterocycles. The Morgan fingerprint density at radius 1 is 1.21 bits per heavy atom. The third kappa shape index (κ3) is 4.18. The molecule has 0 spiro atoms. The van der Waals surface area contributed by atoms with E-state index in [0.29, 0.717) is 19.4 Å². The molecule has 4 heteroatoms. The molecule has 0 aromatic rings. The largest absolute Gasteiger partial charge is 0.393 e. The lowest BCUT2D eigenvalue weighted by Crippen LogP contribution is -2.44. The smallest absolute Gasteiger partial charge is 0.220 e. The number of rotatable bonds is 4. The van der Waals surface area contributed by atoms with Crippen molar-refractivity contribution in [2.45, 2.75) is 76.4 Å². The van der Waals surface area contributed by atoms with E-state index < -0.39 is 0 Å². The zero-order valence-corrected chi connectivity index (χ0v) is 11.9. The van der Waals surface area contributed by atoms with Gasteiger partial charge in [-0.1, -0.05) is 19.3 Å². The van der Waals surface area contributed by atoms with Crippen LogP contribution in [0.3, 0.4) is 0 Å². The number of hydrogen-bond donors (Lipinski definition) is 3. The standard InChI is InChI=1S/C15H28N2O2/c16-11-15(7-2-1-3-8-15)10-14(19)17-12-5-4-6-13(18)9-12/h12-13,18H,1-11,16H2,(H,17,19). The Hall–Kier alpha value is -0.610. The number of nitrogens with two attached hydrogens (primary N) is 1. The number of aliphatic hydroxyl groups is 1. The van der Waals surface area contributed by atoms with E-state index in [9.17, 15) is 9.90 Å². The van der Waals surface area contributed by atoms with Gasteiger partial charge >= 0.3 is 0 Å². The van der Waals surface area contributed by atoms with Gasteiger partial charge in [-0.05, 0) is 50.5 Å². The molecule has 2 unspecified atom stereocenters. The van der Waals surface area contributed by atoms with Crippen LogP contribution in [0, 0.1) is 5.41 Å². The van der Waals surface area contributed by atoms with Crippen molar-refractivity contribution >= 4 is 5.91 Å². The van der Waals surface area contributed by atoms with Crippen molar-refractivity contribution in [1.82, 2.24) is 5.32 Å². The lowest BCUT2D eigenvalue weighted by atomic mass is 9.71. The first kappa shape index (κ1) is 14.8. The molecule has 2 rings (SSSR count). The molecule has 2 saturated carbocycles. The second-order valence-corrected chi connectivity index (χ2v) is 6.53. The summed E-state index contributed by atoms with van der Waals surface area (Å²) in [6.45, 7) is 0.619. The molecule has 2 aliphatic carbocycles. The SMILES string of the molecule is NCC1(CC(=O)NC2CCCC(O)C2)CCCCC1. The van der Waals surface area contributed by atoms with Crippen molar-refractivity contribution in [1.29, 1.82) is 0 Å². The van der Waals surface area contributed by atoms with Gasteiger partial charge < -0.3 is 16.2 Å². The summed E-state index contributed by atoms with van der Waals surface area (Å²) < 4.78 is 0. The van der Waals surface area contributed by atoms with Crippen LogP contribution in [-0.2, 0) is 4.79 Å². The Morgan fingerprint density at radius 3 is 2.58 bits per heavy atom. The summed E-state index contributed by atoms with van der Waals surface area (Å²) in [6.07, 6.45) is 9.77. The average molecular weight is 268 g/mol. The molecule has 2 aliphatic rings. The number of amides is 1. The molecule has 19 heavy (non-hydrogen) atoms. The molecular formula is C15H28N2O2. The highest BCUT2D eigenvalue weighted by Crippen LogP contribution is 2.38. The first-order valence-corrected chi connectivity index (χ1v) is 7.81. The summed E-state index contributed by atoms with van der Waals surface area (Å²) >= 11 is 0. The molecule has 1 amide bonds. The predicted molar refractivity (Wildman–Crippen MR) is 75.6 cm³/mol. The molecule has 0 radical (unpaired) electrons. The van der Waals surface area contributed by atoms with Crippen LogP contribution in [0.15, 0.2) is 0 Å². The summed E-state index contributed by atoms with van der Waals surface area (Å²) in [5.74, 6) is 0.131. The van der Waals surface area contributed by atoms with E-state index in [1.165, 1.54) is 19.3 Å². The Labute approximate surface area is 116 Å². The molecule has 110 valence electrons. The second kappa shape index (κ2) is 6.71. The fourth-order valence-corrected chi connectivity index (χ4v) is 3.67. The van der Waals surface area contributed by atoms with Crippen molar-refractivity contribution in [2.75, 3.05) is 6.54 Å². The molecule has 4 N–H and O–H groups in total. The zero-order valence-electron chi connectivity index (χ0n) is 11.9. The Balaban J connectivity index is 1.82. The number of carbonyl (C=O) groups is 1. The number of nitrogens with one attached hydrogen (secondary N) is 1. The Bertz CT molecular complexity index is 301. The van der Waals surface area contributed by atoms with Crippen LogP contribution in [0.2, 0.25) is 0 Å². The molecule has 0 heterocycles. The number of aliphatic hydroxyl groups excluding tert-OH is 1. The van der Waals surface area contributed by atoms with Crippen LogP contribution in [0.4, 0.5) is 0 Å². The van der Waals surface area contributed by atoms with Crippen molar-refractivity contribution < 1.29 is 9.90 Å². The minimum Gasteiger partial charge on any atom is -0.393 e. The highest BCUT2D eigenvalue weighted by atomic mass is 16.3. The van der Waals surface area contributed by atoms with Crippen LogP contribution in [0.25, 0.3) is 0 Å². The third-order valence-electron chi connectivity index (χ3n) is 4.89. The highest BCUT2D eigenvalue weighted by molar-refractivity contribution is 5.77. The van der Waals surface area contributed by atoms with Gasteiger partial charge in [-0.25, -0.2) is 0 Å². The maximum Gasteiger partial charge on any atom is 0.220 e. The molecular weight excluding hydrogens is 240 g/mol. The first-order chi connectivity index (χ1) is 9.13. The van der Waals surface area contributed by atoms with Crippen LogP contribution in [-0.4, -0.2) is 29.7 Å². The average Bonchev–Trinajstić information content (AvgIpc) is 2.39. The maximum atomic E-state index is 12.2. The van der Waals surface area contributed by atoms with E-state index in [0.717, 1.165) is 32.1 Å². The van der Waals surface area contributed by atoms with E-state index in [1.54, 1.807) is 0 Å². The van der Waals surface area contributed by atoms with Gasteiger partial charge in [0.05, 0.1) is 6.10 Å². The van der Waals surface area contributed by atoms with Gasteiger partial charge in [0.15, 0.2) is 0 Å². The number of carbonyl (C=O) groups excluding carboxylic acids is 1. The molecule has 4 nitrogen and oxygen atoms in total. The van der Waals surface area contributed by atoms with E-state index in [4.69, 9.17) is 5.73 Å². The van der Waals surface area contributed by atoms with Crippen LogP contribution >= 0.6 is 0 Å². The highest BCUT2D eigenvalue weighted by Gasteiger charge is 2.33. The van der Waals surface area contributed by atoms with Gasteiger partial charge in [0.1, 0.15) is 0 Å². The van der Waals surface area contributed by atoms with Gasteiger partial charge in [0.2, 0.25) is 5.91 Å². The van der Waals surface area contributed by atoms with Gasteiger partial charge in [-0.15, -0.1) is 0 Å². The molecule has 0 aromatic carbocycles. The van der Waals surface area contributed by atoms with Gasteiger partial charge in [0.25, 0.3) is 0 Å². The molecule has 0 aromatic heterocycles. The van der Waals surface area contributed by atoms with E-state index in [1.807, 2.05) is 0 Å². The predicted octanol–water partition coefficient (Wildman–Crippen LogP) is 1.71. The van der Waals surface area contributed by atoms with Crippen molar-refractivity contribution in [2.24, 2.45) is 11.1 Å². The molecule has 2 fully saturated rings. The van der Waals surface area contributed by atoms with Crippen LogP contribution < -0.4 is 11.1 Å². The van der Waals surface area contributed by atoms with Crippen LogP contribution in [0.1, 0.15) is 64.2 Å². The quantitative estimate of drug-likeness (QED) is 0.726. The maximum absolute atomic E-state index is 12.2.